The monoisotopic (exact) mass is 433 g/mol. The third-order valence-electron chi connectivity index (χ3n) is 2.51. The van der Waals surface area contributed by atoms with Crippen LogP contribution in [0.3, 0.4) is 0 Å². The van der Waals surface area contributed by atoms with E-state index in [-0.39, 0.29) is 17.1 Å². The van der Waals surface area contributed by atoms with E-state index in [1.165, 1.54) is 0 Å². The maximum atomic E-state index is 10.1. The van der Waals surface area contributed by atoms with E-state index in [1.807, 2.05) is 0 Å². The van der Waals surface area contributed by atoms with Gasteiger partial charge in [-0.1, -0.05) is 0 Å². The second kappa shape index (κ2) is 11.8. The first-order valence-corrected chi connectivity index (χ1v) is 6.23. The van der Waals surface area contributed by atoms with Crippen molar-refractivity contribution in [2.24, 2.45) is 0 Å². The van der Waals surface area contributed by atoms with Crippen LogP contribution < -0.4 is 30.6 Å². The van der Waals surface area contributed by atoms with Gasteiger partial charge in [-0.15, -0.1) is 0 Å². The fourth-order valence-corrected chi connectivity index (χ4v) is 1.37. The molecule has 0 aromatic carbocycles. The van der Waals surface area contributed by atoms with E-state index in [0.29, 0.717) is 0 Å². The number of carbonyl (C=O) groups is 6. The Bertz CT molecular complexity index is 513. The van der Waals surface area contributed by atoms with Gasteiger partial charge in [0.25, 0.3) is 0 Å². The SMILES string of the molecule is O=C([O-])CC(O)(CC(=O)[O-])C(=O)[O-].O=C([O-])CC(O)(CC(=O)[O-])C(=O)[O-].[Mn]. The Labute approximate surface area is 160 Å². The van der Waals surface area contributed by atoms with Gasteiger partial charge in [-0.05, 0) is 0 Å². The number of hydrogen-bond donors (Lipinski definition) is 2. The Balaban J connectivity index is -0.000000411. The Kier molecular flexibility index (Phi) is 12.7. The second-order valence-corrected chi connectivity index (χ2v) is 4.83. The maximum Gasteiger partial charge on any atom is 0.114 e. The third kappa shape index (κ3) is 12.3. The Hall–Kier alpha value is -2.74. The van der Waals surface area contributed by atoms with Crippen LogP contribution in [0.25, 0.3) is 0 Å². The number of hydrogen-bond acceptors (Lipinski definition) is 14. The Morgan fingerprint density at radius 2 is 0.667 bits per heavy atom. The molecule has 1 radical (unpaired) electrons. The molecule has 14 nitrogen and oxygen atoms in total. The molecule has 15 heteroatoms. The normalized spacial score (nSPS) is 10.4. The van der Waals surface area contributed by atoms with Crippen molar-refractivity contribution < 1.29 is 86.7 Å². The van der Waals surface area contributed by atoms with E-state index in [0.717, 1.165) is 0 Å². The first-order valence-electron chi connectivity index (χ1n) is 6.23. The largest absolute Gasteiger partial charge is 0.550 e. The van der Waals surface area contributed by atoms with Crippen molar-refractivity contribution in [1.29, 1.82) is 0 Å². The van der Waals surface area contributed by atoms with E-state index >= 15 is 0 Å². The maximum absolute atomic E-state index is 10.1. The zero-order valence-electron chi connectivity index (χ0n) is 13.0. The average Bonchev–Trinajstić information content (AvgIpc) is 2.34. The predicted molar refractivity (Wildman–Crippen MR) is 58.4 cm³/mol. The standard InChI is InChI=1S/2C6H8O7.Mn/c2*7-3(8)1-6(13,5(11)12)2-4(9)10;/h2*13H,1-2H2,(H,7,8)(H,9,10)(H,11,12);/p-6. The summed E-state index contributed by atoms with van der Waals surface area (Å²) in [6.45, 7) is 0. The van der Waals surface area contributed by atoms with Crippen LogP contribution in [0, 0.1) is 0 Å². The molecular formula is C12H10MnO14-6. The molecule has 0 amide bonds. The molecule has 0 spiro atoms. The number of carboxylic acids is 6. The summed E-state index contributed by atoms with van der Waals surface area (Å²) < 4.78 is 0. The summed E-state index contributed by atoms with van der Waals surface area (Å²) in [5, 5.41) is 77.9. The van der Waals surface area contributed by atoms with Gasteiger partial charge in [0, 0.05) is 66.6 Å². The van der Waals surface area contributed by atoms with Crippen LogP contribution in [0.2, 0.25) is 0 Å². The molecule has 0 heterocycles. The molecule has 0 atom stereocenters. The van der Waals surface area contributed by atoms with Gasteiger partial charge in [0.15, 0.2) is 0 Å². The fraction of sp³-hybridized carbons (Fsp3) is 0.500. The van der Waals surface area contributed by atoms with Crippen LogP contribution in [0.1, 0.15) is 25.7 Å². The molecule has 0 unspecified atom stereocenters. The number of aliphatic carboxylic acids is 6. The molecule has 0 bridgehead atoms. The molecular weight excluding hydrogens is 423 g/mol. The number of carbonyl (C=O) groups excluding carboxylic acids is 6. The first-order chi connectivity index (χ1) is 11.6. The van der Waals surface area contributed by atoms with Crippen LogP contribution >= 0.6 is 0 Å². The van der Waals surface area contributed by atoms with E-state index in [1.54, 1.807) is 0 Å². The van der Waals surface area contributed by atoms with Crippen molar-refractivity contribution in [3.63, 3.8) is 0 Å². The minimum Gasteiger partial charge on any atom is -0.550 e. The number of carboxylic acid groups (broad SMARTS) is 6. The predicted octanol–water partition coefficient (Wildman–Crippen LogP) is -10.5. The van der Waals surface area contributed by atoms with E-state index < -0.39 is 72.7 Å². The van der Waals surface area contributed by atoms with Crippen molar-refractivity contribution in [3.05, 3.63) is 0 Å². The van der Waals surface area contributed by atoms with Gasteiger partial charge in [-0.25, -0.2) is 0 Å². The zero-order chi connectivity index (χ0) is 21.3. The first kappa shape index (κ1) is 29.0. The molecule has 27 heavy (non-hydrogen) atoms. The van der Waals surface area contributed by atoms with Crippen LogP contribution in [0.15, 0.2) is 0 Å². The summed E-state index contributed by atoms with van der Waals surface area (Å²) in [4.78, 5) is 60.0. The van der Waals surface area contributed by atoms with Crippen molar-refractivity contribution in [3.8, 4) is 0 Å². The van der Waals surface area contributed by atoms with Crippen LogP contribution in [-0.4, -0.2) is 57.2 Å². The summed E-state index contributed by atoms with van der Waals surface area (Å²) in [6.07, 6.45) is -5.43. The van der Waals surface area contributed by atoms with Gasteiger partial charge < -0.3 is 69.6 Å². The second-order valence-electron chi connectivity index (χ2n) is 4.83. The molecule has 0 saturated heterocycles. The summed E-state index contributed by atoms with van der Waals surface area (Å²) >= 11 is 0. The van der Waals surface area contributed by atoms with Crippen LogP contribution in [0.5, 0.6) is 0 Å². The van der Waals surface area contributed by atoms with E-state index in [2.05, 4.69) is 0 Å². The zero-order valence-corrected chi connectivity index (χ0v) is 14.2. The van der Waals surface area contributed by atoms with Gasteiger partial charge in [0.05, 0.1) is 11.9 Å². The fourth-order valence-electron chi connectivity index (χ4n) is 1.37. The summed E-state index contributed by atoms with van der Waals surface area (Å²) in [5.74, 6) is -12.0. The quantitative estimate of drug-likeness (QED) is 0.303. The molecule has 0 aliphatic heterocycles. The smallest absolute Gasteiger partial charge is 0.114 e. The van der Waals surface area contributed by atoms with Crippen molar-refractivity contribution in [2.45, 2.75) is 36.9 Å². The molecule has 155 valence electrons. The van der Waals surface area contributed by atoms with Crippen molar-refractivity contribution in [2.75, 3.05) is 0 Å². The molecule has 0 fully saturated rings. The molecule has 0 aliphatic rings. The minimum atomic E-state index is -2.97. The van der Waals surface area contributed by atoms with Crippen LogP contribution in [0.4, 0.5) is 0 Å². The molecule has 0 rings (SSSR count). The summed E-state index contributed by atoms with van der Waals surface area (Å²) in [5.41, 5.74) is -5.95. The van der Waals surface area contributed by atoms with Gasteiger partial charge in [0.1, 0.15) is 11.2 Å². The summed E-state index contributed by atoms with van der Waals surface area (Å²) in [6, 6.07) is 0. The van der Waals surface area contributed by atoms with Gasteiger partial charge >= 0.3 is 0 Å². The number of aliphatic hydroxyl groups is 2. The molecule has 0 aromatic heterocycles. The van der Waals surface area contributed by atoms with Gasteiger partial charge in [-0.2, -0.15) is 0 Å². The van der Waals surface area contributed by atoms with Crippen molar-refractivity contribution >= 4 is 35.8 Å². The molecule has 0 aliphatic carbocycles. The van der Waals surface area contributed by atoms with Gasteiger partial charge in [0.2, 0.25) is 0 Å². The van der Waals surface area contributed by atoms with Crippen LogP contribution in [-0.2, 0) is 45.8 Å². The van der Waals surface area contributed by atoms with Gasteiger partial charge in [-0.3, -0.25) is 0 Å². The summed E-state index contributed by atoms with van der Waals surface area (Å²) in [7, 11) is 0. The molecule has 0 saturated carbocycles. The third-order valence-corrected chi connectivity index (χ3v) is 2.51. The molecule has 0 aromatic rings. The Morgan fingerprint density at radius 3 is 0.741 bits per heavy atom. The number of rotatable bonds is 10. The average molecular weight is 433 g/mol. The molecule has 2 N–H and O–H groups in total. The van der Waals surface area contributed by atoms with E-state index in [4.69, 9.17) is 10.2 Å². The Morgan fingerprint density at radius 1 is 0.519 bits per heavy atom. The van der Waals surface area contributed by atoms with E-state index in [9.17, 15) is 59.4 Å². The van der Waals surface area contributed by atoms with Crippen molar-refractivity contribution in [1.82, 2.24) is 0 Å². The minimum absolute atomic E-state index is 0. The topological polar surface area (TPSA) is 281 Å².